The molecule has 0 bridgehead atoms. The molecule has 1 aliphatic rings. The molecule has 22 heavy (non-hydrogen) atoms. The van der Waals surface area contributed by atoms with Gasteiger partial charge in [0.15, 0.2) is 0 Å². The van der Waals surface area contributed by atoms with E-state index in [4.69, 9.17) is 0 Å². The van der Waals surface area contributed by atoms with E-state index in [1.807, 2.05) is 11.8 Å². The van der Waals surface area contributed by atoms with E-state index in [-0.39, 0.29) is 24.5 Å². The van der Waals surface area contributed by atoms with Crippen LogP contribution in [0.3, 0.4) is 0 Å². The molecule has 4 N–H and O–H groups in total. The van der Waals surface area contributed by atoms with Crippen LogP contribution in [-0.2, 0) is 9.59 Å². The largest absolute Gasteiger partial charge is 0.392 e. The summed E-state index contributed by atoms with van der Waals surface area (Å²) in [6.07, 6.45) is 2.12. The number of carbonyl (C=O) groups excluding carboxylic acids is 2. The number of nitrogens with one attached hydrogen (secondary N) is 2. The molecular weight excluding hydrogens is 286 g/mol. The summed E-state index contributed by atoms with van der Waals surface area (Å²) < 4.78 is 0. The number of amides is 2. The Morgan fingerprint density at radius 2 is 2.00 bits per heavy atom. The number of rotatable bonds is 10. The maximum atomic E-state index is 11.6. The zero-order chi connectivity index (χ0) is 16.5. The maximum absolute atomic E-state index is 11.6. The Labute approximate surface area is 132 Å². The molecule has 3 atom stereocenters. The van der Waals surface area contributed by atoms with Crippen molar-refractivity contribution in [2.24, 2.45) is 0 Å². The fraction of sp³-hybridized carbons (Fsp3) is 0.867. The highest BCUT2D eigenvalue weighted by Crippen LogP contribution is 2.07. The van der Waals surface area contributed by atoms with Crippen LogP contribution < -0.4 is 10.6 Å². The predicted molar refractivity (Wildman–Crippen MR) is 83.2 cm³/mol. The molecule has 0 aromatic rings. The summed E-state index contributed by atoms with van der Waals surface area (Å²) in [5, 5.41) is 24.5. The van der Waals surface area contributed by atoms with Gasteiger partial charge in [0.2, 0.25) is 11.8 Å². The van der Waals surface area contributed by atoms with Crippen LogP contribution in [0.1, 0.15) is 39.5 Å². The monoisotopic (exact) mass is 315 g/mol. The number of carbonyl (C=O) groups is 2. The Morgan fingerprint density at radius 1 is 1.27 bits per heavy atom. The van der Waals surface area contributed by atoms with Crippen molar-refractivity contribution in [2.45, 2.75) is 57.8 Å². The Kier molecular flexibility index (Phi) is 8.37. The number of aliphatic hydroxyl groups excluding tert-OH is 2. The van der Waals surface area contributed by atoms with Gasteiger partial charge >= 0.3 is 0 Å². The Balaban J connectivity index is 2.29. The third-order valence-corrected chi connectivity index (χ3v) is 3.75. The van der Waals surface area contributed by atoms with Gasteiger partial charge in [-0.15, -0.1) is 0 Å². The third-order valence-electron chi connectivity index (χ3n) is 3.75. The van der Waals surface area contributed by atoms with Crippen molar-refractivity contribution in [3.05, 3.63) is 0 Å². The molecule has 7 heteroatoms. The van der Waals surface area contributed by atoms with Gasteiger partial charge in [-0.05, 0) is 39.2 Å². The maximum Gasteiger partial charge on any atom is 0.243 e. The van der Waals surface area contributed by atoms with E-state index >= 15 is 0 Å². The molecule has 3 unspecified atom stereocenters. The van der Waals surface area contributed by atoms with E-state index in [0.29, 0.717) is 25.9 Å². The molecule has 0 spiro atoms. The number of hydrogen-bond acceptors (Lipinski definition) is 5. The van der Waals surface area contributed by atoms with Crippen molar-refractivity contribution in [1.82, 2.24) is 15.5 Å². The van der Waals surface area contributed by atoms with Gasteiger partial charge in [0.1, 0.15) is 6.04 Å². The molecule has 0 aliphatic carbocycles. The lowest BCUT2D eigenvalue weighted by atomic mass is 10.1. The van der Waals surface area contributed by atoms with Crippen molar-refractivity contribution in [2.75, 3.05) is 26.2 Å². The van der Waals surface area contributed by atoms with Crippen LogP contribution in [0.5, 0.6) is 0 Å². The second-order valence-corrected chi connectivity index (χ2v) is 6.00. The molecule has 2 amide bonds. The van der Waals surface area contributed by atoms with Gasteiger partial charge in [0.05, 0.1) is 18.8 Å². The first-order chi connectivity index (χ1) is 10.4. The summed E-state index contributed by atoms with van der Waals surface area (Å²) in [4.78, 5) is 24.9. The highest BCUT2D eigenvalue weighted by molar-refractivity contribution is 5.94. The van der Waals surface area contributed by atoms with Gasteiger partial charge in [-0.25, -0.2) is 0 Å². The highest BCUT2D eigenvalue weighted by Gasteiger charge is 2.25. The minimum atomic E-state index is -0.438. The SMILES string of the molecule is CCC(O)CN(CCCCC1NC(=O)CNC1=O)CC(C)O. The van der Waals surface area contributed by atoms with E-state index < -0.39 is 12.1 Å². The third kappa shape index (κ3) is 7.20. The summed E-state index contributed by atoms with van der Waals surface area (Å²) in [6, 6.07) is -0.437. The lowest BCUT2D eigenvalue weighted by Crippen LogP contribution is -2.56. The summed E-state index contributed by atoms with van der Waals surface area (Å²) in [5.74, 6) is -0.270. The smallest absolute Gasteiger partial charge is 0.243 e. The van der Waals surface area contributed by atoms with Crippen LogP contribution in [0.2, 0.25) is 0 Å². The van der Waals surface area contributed by atoms with Crippen molar-refractivity contribution in [3.8, 4) is 0 Å². The van der Waals surface area contributed by atoms with Gasteiger partial charge in [-0.1, -0.05) is 6.92 Å². The van der Waals surface area contributed by atoms with Crippen molar-refractivity contribution in [1.29, 1.82) is 0 Å². The first-order valence-corrected chi connectivity index (χ1v) is 8.08. The van der Waals surface area contributed by atoms with Crippen LogP contribution >= 0.6 is 0 Å². The number of hydrogen-bond donors (Lipinski definition) is 4. The lowest BCUT2D eigenvalue weighted by molar-refractivity contribution is -0.133. The molecule has 0 aromatic carbocycles. The van der Waals surface area contributed by atoms with E-state index in [2.05, 4.69) is 10.6 Å². The molecular formula is C15H29N3O4. The van der Waals surface area contributed by atoms with Crippen molar-refractivity contribution in [3.63, 3.8) is 0 Å². The Morgan fingerprint density at radius 3 is 2.64 bits per heavy atom. The zero-order valence-electron chi connectivity index (χ0n) is 13.5. The van der Waals surface area contributed by atoms with E-state index in [1.165, 1.54) is 0 Å². The van der Waals surface area contributed by atoms with Gasteiger partial charge in [0.25, 0.3) is 0 Å². The summed E-state index contributed by atoms with van der Waals surface area (Å²) >= 11 is 0. The molecule has 1 rings (SSSR count). The average molecular weight is 315 g/mol. The van der Waals surface area contributed by atoms with Gasteiger partial charge in [0, 0.05) is 13.1 Å². The quantitative estimate of drug-likeness (QED) is 0.396. The normalized spacial score (nSPS) is 21.4. The number of nitrogens with zero attached hydrogens (tertiary/aromatic N) is 1. The fourth-order valence-electron chi connectivity index (χ4n) is 2.55. The molecule has 0 saturated carbocycles. The molecule has 1 aliphatic heterocycles. The Bertz CT molecular complexity index is 363. The molecule has 1 saturated heterocycles. The van der Waals surface area contributed by atoms with E-state index in [9.17, 15) is 19.8 Å². The molecule has 0 radical (unpaired) electrons. The summed E-state index contributed by atoms with van der Waals surface area (Å²) in [5.41, 5.74) is 0. The average Bonchev–Trinajstić information content (AvgIpc) is 2.46. The molecule has 1 heterocycles. The van der Waals surface area contributed by atoms with Gasteiger partial charge in [-0.3, -0.25) is 14.5 Å². The lowest BCUT2D eigenvalue weighted by Gasteiger charge is -2.26. The fourth-order valence-corrected chi connectivity index (χ4v) is 2.55. The first kappa shape index (κ1) is 18.9. The number of piperazine rings is 1. The van der Waals surface area contributed by atoms with Gasteiger partial charge < -0.3 is 20.8 Å². The topological polar surface area (TPSA) is 102 Å². The summed E-state index contributed by atoms with van der Waals surface area (Å²) in [6.45, 7) is 5.54. The standard InChI is InChI=1S/C15H29N3O4/c1-3-12(20)10-18(9-11(2)19)7-5-4-6-13-15(22)16-8-14(21)17-13/h11-13,19-20H,3-10H2,1-2H3,(H,16,22)(H,17,21). The van der Waals surface area contributed by atoms with Crippen LogP contribution in [0.4, 0.5) is 0 Å². The van der Waals surface area contributed by atoms with E-state index in [1.54, 1.807) is 6.92 Å². The molecule has 128 valence electrons. The first-order valence-electron chi connectivity index (χ1n) is 8.08. The van der Waals surface area contributed by atoms with Crippen LogP contribution in [0, 0.1) is 0 Å². The van der Waals surface area contributed by atoms with Crippen LogP contribution in [-0.4, -0.2) is 71.4 Å². The number of unbranched alkanes of at least 4 members (excludes halogenated alkanes) is 1. The second-order valence-electron chi connectivity index (χ2n) is 6.00. The number of aliphatic hydroxyl groups is 2. The molecule has 1 fully saturated rings. The van der Waals surface area contributed by atoms with Gasteiger partial charge in [-0.2, -0.15) is 0 Å². The van der Waals surface area contributed by atoms with Crippen LogP contribution in [0.25, 0.3) is 0 Å². The second kappa shape index (κ2) is 9.76. The molecule has 0 aromatic heterocycles. The van der Waals surface area contributed by atoms with Crippen molar-refractivity contribution >= 4 is 11.8 Å². The van der Waals surface area contributed by atoms with Crippen molar-refractivity contribution < 1.29 is 19.8 Å². The summed E-state index contributed by atoms with van der Waals surface area (Å²) in [7, 11) is 0. The highest BCUT2D eigenvalue weighted by atomic mass is 16.3. The zero-order valence-corrected chi connectivity index (χ0v) is 13.5. The van der Waals surface area contributed by atoms with E-state index in [0.717, 1.165) is 19.4 Å². The van der Waals surface area contributed by atoms with Crippen LogP contribution in [0.15, 0.2) is 0 Å². The minimum Gasteiger partial charge on any atom is -0.392 e. The minimum absolute atomic E-state index is 0.0619. The predicted octanol–water partition coefficient (Wildman–Crippen LogP) is -0.775. The molecule has 7 nitrogen and oxygen atoms in total. The Hall–Kier alpha value is -1.18.